The summed E-state index contributed by atoms with van der Waals surface area (Å²) in [6.45, 7) is 0.859. The average molecular weight is 507 g/mol. The Hall–Kier alpha value is -2.94. The molecule has 0 saturated carbocycles. The SMILES string of the molecule is COCCNC(=O)c1cccc(-c2cccc3cc(Cc4cncc(C(F)(F)F)c4)sc23)c1.Cl. The lowest BCUT2D eigenvalue weighted by Gasteiger charge is -2.08. The summed E-state index contributed by atoms with van der Waals surface area (Å²) in [4.78, 5) is 17.1. The topological polar surface area (TPSA) is 51.2 Å². The quantitative estimate of drug-likeness (QED) is 0.296. The predicted octanol–water partition coefficient (Wildman–Crippen LogP) is 6.37. The minimum atomic E-state index is -4.42. The summed E-state index contributed by atoms with van der Waals surface area (Å²) in [5, 5.41) is 3.82. The number of hydrogen-bond acceptors (Lipinski definition) is 4. The fourth-order valence-corrected chi connectivity index (χ4v) is 4.80. The molecule has 4 rings (SSSR count). The van der Waals surface area contributed by atoms with Crippen molar-refractivity contribution >= 4 is 39.7 Å². The van der Waals surface area contributed by atoms with E-state index < -0.39 is 11.7 Å². The molecule has 0 aliphatic rings. The third-order valence-corrected chi connectivity index (χ3v) is 6.31. The van der Waals surface area contributed by atoms with E-state index in [9.17, 15) is 18.0 Å². The van der Waals surface area contributed by atoms with E-state index in [0.717, 1.165) is 38.4 Å². The second-order valence-corrected chi connectivity index (χ2v) is 8.66. The molecule has 2 aromatic heterocycles. The molecule has 9 heteroatoms. The van der Waals surface area contributed by atoms with Gasteiger partial charge in [-0.2, -0.15) is 13.2 Å². The van der Waals surface area contributed by atoms with Crippen LogP contribution in [-0.4, -0.2) is 31.2 Å². The predicted molar refractivity (Wildman–Crippen MR) is 131 cm³/mol. The van der Waals surface area contributed by atoms with Gasteiger partial charge in [0.15, 0.2) is 0 Å². The molecule has 2 aromatic carbocycles. The molecule has 1 amide bonds. The van der Waals surface area contributed by atoms with Crippen LogP contribution in [0.15, 0.2) is 67.0 Å². The minimum Gasteiger partial charge on any atom is -0.383 e. The Labute approximate surface area is 205 Å². The van der Waals surface area contributed by atoms with Crippen LogP contribution >= 0.6 is 23.7 Å². The first kappa shape index (κ1) is 25.7. The average Bonchev–Trinajstić information content (AvgIpc) is 3.21. The molecule has 2 heterocycles. The summed E-state index contributed by atoms with van der Waals surface area (Å²) in [5.74, 6) is -0.176. The normalized spacial score (nSPS) is 11.3. The fraction of sp³-hybridized carbons (Fsp3) is 0.200. The molecule has 0 aliphatic heterocycles. The number of hydrogen-bond donors (Lipinski definition) is 1. The summed E-state index contributed by atoms with van der Waals surface area (Å²) in [7, 11) is 1.58. The largest absolute Gasteiger partial charge is 0.417 e. The van der Waals surface area contributed by atoms with Crippen molar-refractivity contribution in [3.05, 3.63) is 88.6 Å². The number of pyridine rings is 1. The van der Waals surface area contributed by atoms with E-state index in [1.807, 2.05) is 42.5 Å². The van der Waals surface area contributed by atoms with Crippen molar-refractivity contribution in [2.75, 3.05) is 20.3 Å². The monoisotopic (exact) mass is 506 g/mol. The Morgan fingerprint density at radius 2 is 1.88 bits per heavy atom. The van der Waals surface area contributed by atoms with Crippen LogP contribution in [0.3, 0.4) is 0 Å². The van der Waals surface area contributed by atoms with Crippen molar-refractivity contribution in [2.45, 2.75) is 12.6 Å². The molecule has 0 atom stereocenters. The van der Waals surface area contributed by atoms with Crippen molar-refractivity contribution in [3.8, 4) is 11.1 Å². The molecule has 178 valence electrons. The number of rotatable bonds is 7. The van der Waals surface area contributed by atoms with Crippen LogP contribution in [0.2, 0.25) is 0 Å². The smallest absolute Gasteiger partial charge is 0.383 e. The Morgan fingerprint density at radius 1 is 1.09 bits per heavy atom. The lowest BCUT2D eigenvalue weighted by atomic mass is 10.0. The molecule has 4 nitrogen and oxygen atoms in total. The molecule has 0 unspecified atom stereocenters. The maximum Gasteiger partial charge on any atom is 0.417 e. The number of alkyl halides is 3. The highest BCUT2D eigenvalue weighted by atomic mass is 35.5. The van der Waals surface area contributed by atoms with Gasteiger partial charge in [0.1, 0.15) is 0 Å². The number of carbonyl (C=O) groups excluding carboxylic acids is 1. The molecule has 0 saturated heterocycles. The molecule has 0 fully saturated rings. The van der Waals surface area contributed by atoms with Gasteiger partial charge < -0.3 is 10.1 Å². The van der Waals surface area contributed by atoms with Gasteiger partial charge in [0.05, 0.1) is 12.2 Å². The van der Waals surface area contributed by atoms with Gasteiger partial charge >= 0.3 is 6.18 Å². The van der Waals surface area contributed by atoms with Gasteiger partial charge in [0.2, 0.25) is 0 Å². The number of fused-ring (bicyclic) bond motifs is 1. The number of aromatic nitrogens is 1. The highest BCUT2D eigenvalue weighted by molar-refractivity contribution is 7.19. The van der Waals surface area contributed by atoms with Gasteiger partial charge in [0, 0.05) is 47.6 Å². The molecule has 0 bridgehead atoms. The lowest BCUT2D eigenvalue weighted by molar-refractivity contribution is -0.137. The zero-order chi connectivity index (χ0) is 23.4. The lowest BCUT2D eigenvalue weighted by Crippen LogP contribution is -2.26. The van der Waals surface area contributed by atoms with E-state index in [0.29, 0.717) is 30.7 Å². The van der Waals surface area contributed by atoms with E-state index in [1.165, 1.54) is 17.5 Å². The van der Waals surface area contributed by atoms with E-state index in [-0.39, 0.29) is 18.3 Å². The van der Waals surface area contributed by atoms with Gasteiger partial charge in [-0.3, -0.25) is 9.78 Å². The summed E-state index contributed by atoms with van der Waals surface area (Å²) in [6, 6.07) is 16.4. The van der Waals surface area contributed by atoms with Crippen LogP contribution in [0.1, 0.15) is 26.4 Å². The van der Waals surface area contributed by atoms with E-state index in [4.69, 9.17) is 4.74 Å². The van der Waals surface area contributed by atoms with Gasteiger partial charge in [-0.15, -0.1) is 23.7 Å². The Morgan fingerprint density at radius 3 is 2.65 bits per heavy atom. The van der Waals surface area contributed by atoms with Crippen molar-refractivity contribution in [1.29, 1.82) is 0 Å². The minimum absolute atomic E-state index is 0. The van der Waals surface area contributed by atoms with Crippen LogP contribution in [0.4, 0.5) is 13.2 Å². The summed E-state index contributed by atoms with van der Waals surface area (Å²) in [5.41, 5.74) is 2.18. The molecule has 1 N–H and O–H groups in total. The van der Waals surface area contributed by atoms with E-state index in [2.05, 4.69) is 10.3 Å². The number of benzene rings is 2. The molecular weight excluding hydrogens is 485 g/mol. The van der Waals surface area contributed by atoms with Crippen LogP contribution in [-0.2, 0) is 17.3 Å². The number of methoxy groups -OCH3 is 1. The second-order valence-electron chi connectivity index (χ2n) is 7.52. The molecule has 34 heavy (non-hydrogen) atoms. The molecule has 0 aliphatic carbocycles. The molecule has 0 spiro atoms. The number of nitrogens with one attached hydrogen (secondary N) is 1. The number of ether oxygens (including phenoxy) is 1. The van der Waals surface area contributed by atoms with Crippen LogP contribution in [0.25, 0.3) is 21.2 Å². The fourth-order valence-electron chi connectivity index (χ4n) is 3.57. The van der Waals surface area contributed by atoms with Crippen molar-refractivity contribution < 1.29 is 22.7 Å². The van der Waals surface area contributed by atoms with Crippen LogP contribution < -0.4 is 5.32 Å². The van der Waals surface area contributed by atoms with Crippen molar-refractivity contribution in [1.82, 2.24) is 10.3 Å². The molecule has 4 aromatic rings. The first-order valence-corrected chi connectivity index (χ1v) is 11.1. The number of carbonyl (C=O) groups is 1. The first-order valence-electron chi connectivity index (χ1n) is 10.3. The maximum absolute atomic E-state index is 13.0. The molecule has 0 radical (unpaired) electrons. The first-order chi connectivity index (χ1) is 15.8. The van der Waals surface area contributed by atoms with Crippen LogP contribution in [0.5, 0.6) is 0 Å². The maximum atomic E-state index is 13.0. The molecular formula is C25H22ClF3N2O2S. The summed E-state index contributed by atoms with van der Waals surface area (Å²) < 4.78 is 45.0. The van der Waals surface area contributed by atoms with Crippen LogP contribution in [0, 0.1) is 0 Å². The Balaban J connectivity index is 0.00000324. The standard InChI is InChI=1S/C25H21F3N2O2S.ClH/c1-32-9-8-30-24(31)19-6-2-4-17(12-19)22-7-3-5-18-13-21(33-23(18)22)11-16-10-20(15-29-14-16)25(26,27)28;/h2-7,10,12-15H,8-9,11H2,1H3,(H,30,31);1H. The van der Waals surface area contributed by atoms with Crippen molar-refractivity contribution in [2.24, 2.45) is 0 Å². The zero-order valence-electron chi connectivity index (χ0n) is 18.2. The highest BCUT2D eigenvalue weighted by Crippen LogP contribution is 2.36. The van der Waals surface area contributed by atoms with Gasteiger partial charge in [-0.05, 0) is 46.3 Å². The Kier molecular flexibility index (Phi) is 8.30. The van der Waals surface area contributed by atoms with Gasteiger partial charge in [-0.1, -0.05) is 30.3 Å². The third kappa shape index (κ3) is 5.94. The summed E-state index contributed by atoms with van der Waals surface area (Å²) in [6.07, 6.45) is -1.76. The second kappa shape index (κ2) is 11.0. The zero-order valence-corrected chi connectivity index (χ0v) is 19.8. The number of nitrogens with zero attached hydrogens (tertiary/aromatic N) is 1. The summed E-state index contributed by atoms with van der Waals surface area (Å²) >= 11 is 1.53. The van der Waals surface area contributed by atoms with Gasteiger partial charge in [0.25, 0.3) is 5.91 Å². The van der Waals surface area contributed by atoms with E-state index in [1.54, 1.807) is 13.2 Å². The third-order valence-electron chi connectivity index (χ3n) is 5.12. The Bertz CT molecular complexity index is 1290. The van der Waals surface area contributed by atoms with Crippen molar-refractivity contribution in [3.63, 3.8) is 0 Å². The number of amides is 1. The van der Waals surface area contributed by atoms with Gasteiger partial charge in [-0.25, -0.2) is 0 Å². The van der Waals surface area contributed by atoms with E-state index >= 15 is 0 Å². The number of halogens is 4. The highest BCUT2D eigenvalue weighted by Gasteiger charge is 2.31. The number of thiophene rings is 1.